The molecule has 0 N–H and O–H groups in total. The molecule has 0 aliphatic rings. The van der Waals surface area contributed by atoms with E-state index in [4.69, 9.17) is 5.26 Å². The summed E-state index contributed by atoms with van der Waals surface area (Å²) in [6.45, 7) is 3.21. The summed E-state index contributed by atoms with van der Waals surface area (Å²) in [4.78, 5) is 9.87. The molecule has 0 fully saturated rings. The standard InChI is InChI=1S/C6H5NO2/c1-2-3-5(4-7)6(8)9/h2-3H,1H2,(H,8,9)/p-1/b5-3+. The molecule has 0 heterocycles. The molecule has 3 nitrogen and oxygen atoms in total. The largest absolute Gasteiger partial charge is 0.544 e. The Morgan fingerprint density at radius 2 is 2.33 bits per heavy atom. The minimum absolute atomic E-state index is 0.412. The van der Waals surface area contributed by atoms with Crippen molar-refractivity contribution in [2.24, 2.45) is 0 Å². The van der Waals surface area contributed by atoms with Gasteiger partial charge in [0, 0.05) is 0 Å². The van der Waals surface area contributed by atoms with Crippen LogP contribution in [0.15, 0.2) is 24.3 Å². The molecular weight excluding hydrogens is 118 g/mol. The van der Waals surface area contributed by atoms with Crippen LogP contribution in [0.1, 0.15) is 0 Å². The Morgan fingerprint density at radius 1 is 1.78 bits per heavy atom. The highest BCUT2D eigenvalue weighted by Crippen LogP contribution is 1.87. The van der Waals surface area contributed by atoms with Gasteiger partial charge < -0.3 is 9.90 Å². The van der Waals surface area contributed by atoms with Gasteiger partial charge in [0.25, 0.3) is 0 Å². The predicted molar refractivity (Wildman–Crippen MR) is 28.9 cm³/mol. The minimum Gasteiger partial charge on any atom is -0.544 e. The van der Waals surface area contributed by atoms with Gasteiger partial charge in [0.1, 0.15) is 6.07 Å². The maximum atomic E-state index is 9.87. The van der Waals surface area contributed by atoms with Crippen molar-refractivity contribution >= 4 is 5.97 Å². The summed E-state index contributed by atoms with van der Waals surface area (Å²) in [5.41, 5.74) is -0.412. The van der Waals surface area contributed by atoms with Gasteiger partial charge in [0.05, 0.1) is 11.5 Å². The first-order valence-electron chi connectivity index (χ1n) is 2.16. The molecule has 0 aliphatic heterocycles. The van der Waals surface area contributed by atoms with E-state index < -0.39 is 11.5 Å². The number of carboxylic acids is 1. The minimum atomic E-state index is -1.47. The highest BCUT2D eigenvalue weighted by Gasteiger charge is 1.90. The van der Waals surface area contributed by atoms with E-state index in [-0.39, 0.29) is 0 Å². The molecule has 0 aliphatic carbocycles. The second kappa shape index (κ2) is 3.44. The van der Waals surface area contributed by atoms with E-state index in [0.717, 1.165) is 6.08 Å². The average molecular weight is 122 g/mol. The molecule has 0 saturated carbocycles. The van der Waals surface area contributed by atoms with Crippen molar-refractivity contribution in [3.63, 3.8) is 0 Å². The first-order valence-corrected chi connectivity index (χ1v) is 2.16. The molecule has 46 valence electrons. The second-order valence-electron chi connectivity index (χ2n) is 1.22. The van der Waals surface area contributed by atoms with Crippen molar-refractivity contribution in [3.8, 4) is 6.07 Å². The lowest BCUT2D eigenvalue weighted by Crippen LogP contribution is -2.23. The predicted octanol–water partition coefficient (Wildman–Crippen LogP) is -0.628. The summed E-state index contributed by atoms with van der Waals surface area (Å²) in [5.74, 6) is -1.47. The van der Waals surface area contributed by atoms with E-state index in [1.54, 1.807) is 0 Å². The zero-order valence-corrected chi connectivity index (χ0v) is 4.63. The van der Waals surface area contributed by atoms with E-state index in [1.807, 2.05) is 0 Å². The number of carboxylic acid groups (broad SMARTS) is 1. The number of allylic oxidation sites excluding steroid dienone is 2. The number of nitrogens with zero attached hydrogens (tertiary/aromatic N) is 1. The third-order valence-electron chi connectivity index (χ3n) is 0.625. The van der Waals surface area contributed by atoms with E-state index in [0.29, 0.717) is 0 Å². The Labute approximate surface area is 52.5 Å². The molecule has 0 spiro atoms. The number of carbonyl (C=O) groups is 1. The summed E-state index contributed by atoms with van der Waals surface area (Å²) in [5, 5.41) is 17.9. The molecule has 0 aromatic rings. The van der Waals surface area contributed by atoms with Gasteiger partial charge in [0.2, 0.25) is 0 Å². The highest BCUT2D eigenvalue weighted by molar-refractivity contribution is 5.89. The third-order valence-corrected chi connectivity index (χ3v) is 0.625. The van der Waals surface area contributed by atoms with Gasteiger partial charge in [-0.2, -0.15) is 5.26 Å². The fourth-order valence-electron chi connectivity index (χ4n) is 0.269. The van der Waals surface area contributed by atoms with Crippen molar-refractivity contribution in [1.82, 2.24) is 0 Å². The molecule has 0 unspecified atom stereocenters. The molecule has 0 atom stereocenters. The summed E-state index contributed by atoms with van der Waals surface area (Å²) in [6, 6.07) is 1.43. The molecule has 0 amide bonds. The fraction of sp³-hybridized carbons (Fsp3) is 0. The Bertz CT molecular complexity index is 198. The number of hydrogen-bond donors (Lipinski definition) is 0. The van der Waals surface area contributed by atoms with Crippen LogP contribution in [0.5, 0.6) is 0 Å². The van der Waals surface area contributed by atoms with E-state index in [9.17, 15) is 9.90 Å². The maximum absolute atomic E-state index is 9.87. The van der Waals surface area contributed by atoms with Gasteiger partial charge in [-0.05, 0) is 6.08 Å². The van der Waals surface area contributed by atoms with Crippen molar-refractivity contribution in [1.29, 1.82) is 5.26 Å². The zero-order valence-electron chi connectivity index (χ0n) is 4.63. The molecule has 3 heteroatoms. The molecule has 0 aromatic heterocycles. The normalized spacial score (nSPS) is 9.89. The lowest BCUT2D eigenvalue weighted by Gasteiger charge is -1.93. The lowest BCUT2D eigenvalue weighted by atomic mass is 10.3. The van der Waals surface area contributed by atoms with Crippen molar-refractivity contribution in [3.05, 3.63) is 24.3 Å². The molecular formula is C6H4NO2-. The summed E-state index contributed by atoms with van der Waals surface area (Å²) in [7, 11) is 0. The van der Waals surface area contributed by atoms with Crippen LogP contribution in [0.3, 0.4) is 0 Å². The fourth-order valence-corrected chi connectivity index (χ4v) is 0.269. The zero-order chi connectivity index (χ0) is 7.28. The Balaban J connectivity index is 4.38. The number of aliphatic carboxylic acids is 1. The quantitative estimate of drug-likeness (QED) is 0.278. The average Bonchev–Trinajstić information content (AvgIpc) is 1.82. The van der Waals surface area contributed by atoms with Crippen LogP contribution in [0, 0.1) is 11.3 Å². The Kier molecular flexibility index (Phi) is 2.85. The summed E-state index contributed by atoms with van der Waals surface area (Å²) in [6.07, 6.45) is 2.30. The molecule has 9 heavy (non-hydrogen) atoms. The molecule has 0 aromatic carbocycles. The molecule has 0 radical (unpaired) electrons. The lowest BCUT2D eigenvalue weighted by molar-refractivity contribution is -0.298. The number of nitriles is 1. The van der Waals surface area contributed by atoms with Crippen LogP contribution in [0.25, 0.3) is 0 Å². The number of carbonyl (C=O) groups excluding carboxylic acids is 1. The maximum Gasteiger partial charge on any atom is 0.101 e. The topological polar surface area (TPSA) is 63.9 Å². The molecule has 0 rings (SSSR count). The van der Waals surface area contributed by atoms with Crippen LogP contribution in [0.4, 0.5) is 0 Å². The van der Waals surface area contributed by atoms with E-state index in [2.05, 4.69) is 6.58 Å². The Hall–Kier alpha value is -1.56. The van der Waals surface area contributed by atoms with Crippen LogP contribution >= 0.6 is 0 Å². The Morgan fingerprint density at radius 3 is 2.44 bits per heavy atom. The van der Waals surface area contributed by atoms with Gasteiger partial charge in [-0.25, -0.2) is 0 Å². The van der Waals surface area contributed by atoms with Gasteiger partial charge >= 0.3 is 0 Å². The van der Waals surface area contributed by atoms with Crippen LogP contribution in [-0.2, 0) is 4.79 Å². The smallest absolute Gasteiger partial charge is 0.101 e. The number of hydrogen-bond acceptors (Lipinski definition) is 3. The van der Waals surface area contributed by atoms with E-state index in [1.165, 1.54) is 12.1 Å². The van der Waals surface area contributed by atoms with E-state index >= 15 is 0 Å². The van der Waals surface area contributed by atoms with Crippen LogP contribution < -0.4 is 5.11 Å². The molecule has 0 bridgehead atoms. The summed E-state index contributed by atoms with van der Waals surface area (Å²) >= 11 is 0. The van der Waals surface area contributed by atoms with Gasteiger partial charge in [-0.1, -0.05) is 12.7 Å². The molecule has 0 saturated heterocycles. The second-order valence-corrected chi connectivity index (χ2v) is 1.22. The van der Waals surface area contributed by atoms with Crippen molar-refractivity contribution < 1.29 is 9.90 Å². The SMILES string of the molecule is C=C/C=C(\C#N)C(=O)[O-]. The first kappa shape index (κ1) is 7.44. The highest BCUT2D eigenvalue weighted by atomic mass is 16.4. The van der Waals surface area contributed by atoms with Crippen LogP contribution in [-0.4, -0.2) is 5.97 Å². The monoisotopic (exact) mass is 122 g/mol. The van der Waals surface area contributed by atoms with Gasteiger partial charge in [-0.3, -0.25) is 0 Å². The van der Waals surface area contributed by atoms with Crippen LogP contribution in [0.2, 0.25) is 0 Å². The first-order chi connectivity index (χ1) is 4.22. The summed E-state index contributed by atoms with van der Waals surface area (Å²) < 4.78 is 0. The number of rotatable bonds is 2. The van der Waals surface area contributed by atoms with Gasteiger partial charge in [0.15, 0.2) is 0 Å². The van der Waals surface area contributed by atoms with Crippen molar-refractivity contribution in [2.75, 3.05) is 0 Å². The van der Waals surface area contributed by atoms with Gasteiger partial charge in [-0.15, -0.1) is 0 Å². The third kappa shape index (κ3) is 2.29. The van der Waals surface area contributed by atoms with Crippen molar-refractivity contribution in [2.45, 2.75) is 0 Å².